The fourth-order valence-corrected chi connectivity index (χ4v) is 5.88. The summed E-state index contributed by atoms with van der Waals surface area (Å²) in [4.78, 5) is 4.63. The fraction of sp³-hybridized carbons (Fsp3) is 0.800. The average molecular weight is 262 g/mol. The van der Waals surface area contributed by atoms with Gasteiger partial charge in [-0.2, -0.15) is 0 Å². The van der Waals surface area contributed by atoms with Crippen LogP contribution in [-0.2, 0) is 6.42 Å². The normalized spacial score (nSPS) is 42.0. The Bertz CT molecular complexity index is 439. The minimum atomic E-state index is 0.675. The zero-order valence-corrected chi connectivity index (χ0v) is 12.0. The number of hydrogen-bond acceptors (Lipinski definition) is 3. The quantitative estimate of drug-likeness (QED) is 0.902. The molecular weight excluding hydrogens is 240 g/mol. The third-order valence-corrected chi connectivity index (χ3v) is 6.68. The molecule has 3 aliphatic rings. The number of fused-ring (bicyclic) bond motifs is 5. The Morgan fingerprint density at radius 2 is 2.11 bits per heavy atom. The fourth-order valence-electron chi connectivity index (χ4n) is 5.05. The summed E-state index contributed by atoms with van der Waals surface area (Å²) in [6.07, 6.45) is 5.75. The number of likely N-dealkylation sites (N-methyl/N-ethyl adjacent to an activating group) is 1. The molecule has 3 fully saturated rings. The van der Waals surface area contributed by atoms with Gasteiger partial charge in [0.15, 0.2) is 0 Å². The first-order chi connectivity index (χ1) is 8.78. The van der Waals surface area contributed by atoms with Crippen LogP contribution in [0.25, 0.3) is 0 Å². The monoisotopic (exact) mass is 262 g/mol. The number of aromatic nitrogens is 1. The van der Waals surface area contributed by atoms with Crippen molar-refractivity contribution >= 4 is 11.3 Å². The molecule has 1 N–H and O–H groups in total. The summed E-state index contributed by atoms with van der Waals surface area (Å²) in [5.41, 5.74) is 1.18. The van der Waals surface area contributed by atoms with E-state index in [1.165, 1.54) is 23.5 Å². The maximum absolute atomic E-state index is 4.63. The lowest BCUT2D eigenvalue weighted by molar-refractivity contribution is 0.376. The highest BCUT2D eigenvalue weighted by Gasteiger charge is 2.66. The zero-order chi connectivity index (χ0) is 12.3. The van der Waals surface area contributed by atoms with E-state index in [1.54, 1.807) is 6.42 Å². The van der Waals surface area contributed by atoms with Gasteiger partial charge in [-0.1, -0.05) is 0 Å². The molecule has 1 aromatic rings. The van der Waals surface area contributed by atoms with Gasteiger partial charge in [0, 0.05) is 23.5 Å². The Morgan fingerprint density at radius 1 is 1.39 bits per heavy atom. The van der Waals surface area contributed by atoms with E-state index in [4.69, 9.17) is 0 Å². The van der Waals surface area contributed by atoms with E-state index in [1.807, 2.05) is 11.3 Å². The van der Waals surface area contributed by atoms with Crippen LogP contribution in [0.1, 0.15) is 30.0 Å². The Morgan fingerprint density at radius 3 is 2.67 bits per heavy atom. The van der Waals surface area contributed by atoms with Gasteiger partial charge in [-0.3, -0.25) is 0 Å². The molecule has 5 atom stereocenters. The number of aryl methyl sites for hydroxylation is 1. The van der Waals surface area contributed by atoms with Crippen LogP contribution in [0.2, 0.25) is 0 Å². The SMILES string of the molecule is CNC(Cc1nc(C)cs1)C1C2C3CCC(C3)C21. The number of rotatable bonds is 4. The zero-order valence-electron chi connectivity index (χ0n) is 11.2. The van der Waals surface area contributed by atoms with Crippen molar-refractivity contribution in [3.8, 4) is 0 Å². The van der Waals surface area contributed by atoms with Crippen molar-refractivity contribution in [1.82, 2.24) is 10.3 Å². The molecule has 2 bridgehead atoms. The molecule has 0 spiro atoms. The summed E-state index contributed by atoms with van der Waals surface area (Å²) < 4.78 is 0. The van der Waals surface area contributed by atoms with Crippen molar-refractivity contribution in [3.63, 3.8) is 0 Å². The van der Waals surface area contributed by atoms with Crippen LogP contribution in [0.3, 0.4) is 0 Å². The third-order valence-electron chi connectivity index (χ3n) is 5.69. The molecule has 1 heterocycles. The van der Waals surface area contributed by atoms with Crippen LogP contribution >= 0.6 is 11.3 Å². The summed E-state index contributed by atoms with van der Waals surface area (Å²) in [5, 5.41) is 7.09. The molecule has 1 aromatic heterocycles. The maximum atomic E-state index is 4.63. The number of nitrogens with zero attached hydrogens (tertiary/aromatic N) is 1. The van der Waals surface area contributed by atoms with Gasteiger partial charge < -0.3 is 5.32 Å². The first-order valence-electron chi connectivity index (χ1n) is 7.36. The summed E-state index contributed by atoms with van der Waals surface area (Å²) in [6, 6.07) is 0.675. The van der Waals surface area contributed by atoms with Gasteiger partial charge in [0.1, 0.15) is 0 Å². The van der Waals surface area contributed by atoms with Crippen molar-refractivity contribution in [2.24, 2.45) is 29.6 Å². The second-order valence-corrected chi connectivity index (χ2v) is 7.49. The van der Waals surface area contributed by atoms with Gasteiger partial charge in [-0.05, 0) is 62.8 Å². The Balaban J connectivity index is 1.47. The Hall–Kier alpha value is -0.410. The molecule has 0 saturated heterocycles. The van der Waals surface area contributed by atoms with Crippen LogP contribution in [-0.4, -0.2) is 18.1 Å². The first-order valence-corrected chi connectivity index (χ1v) is 8.24. The molecule has 4 rings (SSSR count). The van der Waals surface area contributed by atoms with Crippen LogP contribution < -0.4 is 5.32 Å². The third kappa shape index (κ3) is 1.60. The van der Waals surface area contributed by atoms with Crippen LogP contribution in [0.15, 0.2) is 5.38 Å². The van der Waals surface area contributed by atoms with Crippen LogP contribution in [0.5, 0.6) is 0 Å². The number of hydrogen-bond donors (Lipinski definition) is 1. The Kier molecular flexibility index (Phi) is 2.56. The first kappa shape index (κ1) is 11.4. The average Bonchev–Trinajstić information content (AvgIpc) is 2.71. The largest absolute Gasteiger partial charge is 0.316 e. The van der Waals surface area contributed by atoms with E-state index in [0.29, 0.717) is 6.04 Å². The highest BCUT2D eigenvalue weighted by atomic mass is 32.1. The molecule has 0 amide bonds. The molecule has 2 nitrogen and oxygen atoms in total. The van der Waals surface area contributed by atoms with E-state index >= 15 is 0 Å². The lowest BCUT2D eigenvalue weighted by Gasteiger charge is -2.18. The molecular formula is C15H22N2S. The van der Waals surface area contributed by atoms with Crippen molar-refractivity contribution in [3.05, 3.63) is 16.1 Å². The number of thiazole rings is 1. The molecule has 3 aliphatic carbocycles. The molecule has 0 aromatic carbocycles. The number of nitrogens with one attached hydrogen (secondary N) is 1. The van der Waals surface area contributed by atoms with Crippen LogP contribution in [0.4, 0.5) is 0 Å². The summed E-state index contributed by atoms with van der Waals surface area (Å²) in [7, 11) is 2.14. The van der Waals surface area contributed by atoms with E-state index in [-0.39, 0.29) is 0 Å². The van der Waals surface area contributed by atoms with Crippen molar-refractivity contribution in [2.45, 2.75) is 38.6 Å². The summed E-state index contributed by atoms with van der Waals surface area (Å²) in [6.45, 7) is 2.10. The second-order valence-electron chi connectivity index (χ2n) is 6.55. The van der Waals surface area contributed by atoms with Gasteiger partial charge in [0.25, 0.3) is 0 Å². The maximum Gasteiger partial charge on any atom is 0.0943 e. The Labute approximate surface area is 113 Å². The topological polar surface area (TPSA) is 24.9 Å². The minimum absolute atomic E-state index is 0.675. The molecule has 98 valence electrons. The lowest BCUT2D eigenvalue weighted by Crippen LogP contribution is -2.32. The van der Waals surface area contributed by atoms with Crippen molar-refractivity contribution < 1.29 is 0 Å². The molecule has 3 heteroatoms. The molecule has 0 aliphatic heterocycles. The predicted molar refractivity (Wildman–Crippen MR) is 74.7 cm³/mol. The van der Waals surface area contributed by atoms with Crippen molar-refractivity contribution in [2.75, 3.05) is 7.05 Å². The van der Waals surface area contributed by atoms with E-state index < -0.39 is 0 Å². The lowest BCUT2D eigenvalue weighted by atomic mass is 9.96. The van der Waals surface area contributed by atoms with Gasteiger partial charge in [-0.25, -0.2) is 4.98 Å². The predicted octanol–water partition coefficient (Wildman–Crippen LogP) is 2.87. The smallest absolute Gasteiger partial charge is 0.0943 e. The summed E-state index contributed by atoms with van der Waals surface area (Å²) >= 11 is 1.83. The molecule has 5 unspecified atom stereocenters. The summed E-state index contributed by atoms with van der Waals surface area (Å²) in [5.74, 6) is 5.27. The highest BCUT2D eigenvalue weighted by molar-refractivity contribution is 7.09. The second kappa shape index (κ2) is 4.04. The standard InChI is InChI=1S/C15H22N2S/c1-8-7-18-12(17-8)6-11(16-2)15-13-9-3-4-10(5-9)14(13)15/h7,9-11,13-16H,3-6H2,1-2H3. The van der Waals surface area contributed by atoms with Gasteiger partial charge in [0.05, 0.1) is 5.01 Å². The minimum Gasteiger partial charge on any atom is -0.316 e. The van der Waals surface area contributed by atoms with Gasteiger partial charge in [0.2, 0.25) is 0 Å². The highest BCUT2D eigenvalue weighted by Crippen LogP contribution is 2.70. The van der Waals surface area contributed by atoms with Gasteiger partial charge in [-0.15, -0.1) is 11.3 Å². The van der Waals surface area contributed by atoms with E-state index in [9.17, 15) is 0 Å². The van der Waals surface area contributed by atoms with E-state index in [2.05, 4.69) is 29.7 Å². The van der Waals surface area contributed by atoms with E-state index in [0.717, 1.165) is 36.0 Å². The van der Waals surface area contributed by atoms with Gasteiger partial charge >= 0.3 is 0 Å². The molecule has 18 heavy (non-hydrogen) atoms. The van der Waals surface area contributed by atoms with Crippen molar-refractivity contribution in [1.29, 1.82) is 0 Å². The molecule has 0 radical (unpaired) electrons. The molecule has 3 saturated carbocycles. The van der Waals surface area contributed by atoms with Crippen LogP contribution in [0, 0.1) is 36.5 Å².